The first-order valence-corrected chi connectivity index (χ1v) is 19.4. The van der Waals surface area contributed by atoms with Gasteiger partial charge < -0.3 is 0 Å². The lowest BCUT2D eigenvalue weighted by Gasteiger charge is -2.11. The summed E-state index contributed by atoms with van der Waals surface area (Å²) < 4.78 is 104. The fourth-order valence-corrected chi connectivity index (χ4v) is 5.08. The van der Waals surface area contributed by atoms with Gasteiger partial charge in [-0.15, -0.1) is 20.4 Å². The molecule has 0 spiro atoms. The van der Waals surface area contributed by atoms with Crippen molar-refractivity contribution < 1.29 is 39.5 Å². The molecule has 0 aliphatic heterocycles. The average molecular weight is 1180 g/mol. The van der Waals surface area contributed by atoms with Gasteiger partial charge >= 0.3 is 18.5 Å². The molecule has 5 aromatic heterocycles. The molecule has 0 unspecified atom stereocenters. The molecule has 0 N–H and O–H groups in total. The molecular formula is C25H5Cl16F9N10. The summed E-state index contributed by atoms with van der Waals surface area (Å²) in [6, 6.07) is 1.97. The number of hydrogen-bond donors (Lipinski definition) is 0. The van der Waals surface area contributed by atoms with E-state index >= 15 is 0 Å². The lowest BCUT2D eigenvalue weighted by Crippen LogP contribution is -2.09. The highest BCUT2D eigenvalue weighted by Gasteiger charge is 2.37. The van der Waals surface area contributed by atoms with Crippen molar-refractivity contribution in [2.45, 2.75) is 26.1 Å². The summed E-state index contributed by atoms with van der Waals surface area (Å²) in [5.41, 5.74) is -3.11. The maximum absolute atomic E-state index is 12.0. The van der Waals surface area contributed by atoms with Crippen LogP contribution < -0.4 is 0 Å². The highest BCUT2D eigenvalue weighted by atomic mass is 35.6. The van der Waals surface area contributed by atoms with Crippen LogP contribution in [0.4, 0.5) is 39.5 Å². The maximum Gasteiger partial charge on any atom is 0.436 e. The highest BCUT2D eigenvalue weighted by Crippen LogP contribution is 2.42. The zero-order valence-electron chi connectivity index (χ0n) is 26.8. The lowest BCUT2D eigenvalue weighted by atomic mass is 10.3. The SMILES string of the molecule is Clc1cc(C(Cl)(Cl)Cl)c(Cl)nn1.Clc1ncc(C(Cl)(Cl)Cl)nc1Cl.FC(F)(F)c1cc(Cl)nnc1Cl.FC(F)(F)c1cnc(Cl)c(Cl)n1.FC(F)(F)c1ncc(Cl)nc1Cl. The standard InChI is InChI=1S/2C5HCl5N2.3C5HCl2F3N2/c6-3-4(7)12-2(1-11-3)5(8,9)10;6-3-1-2(5(8,9)10)4(7)12-11-3;6-2-1-11-3(4(7)12-2)5(8,9)10;6-3-4(7)12-2(1-11-3)5(8,9)10;6-3-1-2(5(8,9)10)4(7)12-11-3/h5*1H. The quantitative estimate of drug-likeness (QED) is 0.109. The van der Waals surface area contributed by atoms with Crippen molar-refractivity contribution in [2.75, 3.05) is 0 Å². The van der Waals surface area contributed by atoms with Gasteiger partial charge in [0.1, 0.15) is 10.8 Å². The van der Waals surface area contributed by atoms with E-state index in [0.717, 1.165) is 6.20 Å². The molecule has 330 valence electrons. The number of rotatable bonds is 0. The summed E-state index contributed by atoms with van der Waals surface area (Å²) >= 11 is 86.5. The van der Waals surface area contributed by atoms with Gasteiger partial charge in [-0.3, -0.25) is 0 Å². The van der Waals surface area contributed by atoms with Crippen molar-refractivity contribution in [1.82, 2.24) is 50.3 Å². The smallest absolute Gasteiger partial charge is 0.246 e. The largest absolute Gasteiger partial charge is 0.436 e. The van der Waals surface area contributed by atoms with E-state index in [1.165, 1.54) is 12.3 Å². The monoisotopic (exact) mass is 1180 g/mol. The van der Waals surface area contributed by atoms with Crippen molar-refractivity contribution >= 4 is 186 Å². The van der Waals surface area contributed by atoms with E-state index in [-0.39, 0.29) is 47.3 Å². The predicted molar refractivity (Wildman–Crippen MR) is 214 cm³/mol. The molecule has 0 aromatic carbocycles. The van der Waals surface area contributed by atoms with Crippen molar-refractivity contribution in [2.24, 2.45) is 0 Å². The van der Waals surface area contributed by atoms with Gasteiger partial charge in [-0.05, 0) is 12.1 Å². The van der Waals surface area contributed by atoms with Gasteiger partial charge in [-0.25, -0.2) is 29.9 Å². The van der Waals surface area contributed by atoms with Crippen LogP contribution in [0.1, 0.15) is 28.2 Å². The van der Waals surface area contributed by atoms with E-state index in [1.54, 1.807) is 0 Å². The summed E-state index contributed by atoms with van der Waals surface area (Å²) in [5.74, 6) is 0. The van der Waals surface area contributed by atoms with Gasteiger partial charge in [0.05, 0.1) is 24.2 Å². The van der Waals surface area contributed by atoms with Crippen LogP contribution >= 0.6 is 186 Å². The molecule has 5 rings (SSSR count). The Kier molecular flexibility index (Phi) is 23.0. The second-order valence-electron chi connectivity index (χ2n) is 9.24. The molecule has 0 radical (unpaired) electrons. The Balaban J connectivity index is 0.000000375. The zero-order valence-corrected chi connectivity index (χ0v) is 38.9. The maximum atomic E-state index is 12.0. The molecule has 0 aliphatic carbocycles. The summed E-state index contributed by atoms with van der Waals surface area (Å²) in [5, 5.41) is 10.7. The Labute approximate surface area is 408 Å². The van der Waals surface area contributed by atoms with Crippen LogP contribution in [0.3, 0.4) is 0 Å². The van der Waals surface area contributed by atoms with Crippen molar-refractivity contribution in [3.63, 3.8) is 0 Å². The minimum Gasteiger partial charge on any atom is -0.246 e. The second-order valence-corrected chi connectivity index (χ2v) is 17.5. The van der Waals surface area contributed by atoms with E-state index in [4.69, 9.17) is 186 Å². The first-order chi connectivity index (χ1) is 27.0. The number of halogens is 25. The number of alkyl halides is 15. The van der Waals surface area contributed by atoms with Gasteiger partial charge in [-0.2, -0.15) is 39.5 Å². The summed E-state index contributed by atoms with van der Waals surface area (Å²) in [6.45, 7) is 0. The normalized spacial score (nSPS) is 11.8. The van der Waals surface area contributed by atoms with Crippen LogP contribution in [-0.2, 0) is 26.1 Å². The fraction of sp³-hybridized carbons (Fsp3) is 0.200. The Morgan fingerprint density at radius 1 is 0.350 bits per heavy atom. The molecular weight excluding hydrogens is 1180 g/mol. The van der Waals surface area contributed by atoms with Crippen LogP contribution in [0, 0.1) is 0 Å². The average Bonchev–Trinajstić information content (AvgIpc) is 3.08. The molecule has 0 bridgehead atoms. The minimum absolute atomic E-state index is 0.0143. The van der Waals surface area contributed by atoms with E-state index < -0.39 is 58.5 Å². The molecule has 5 heterocycles. The summed E-state index contributed by atoms with van der Waals surface area (Å²) in [4.78, 5) is 19.8. The van der Waals surface area contributed by atoms with Gasteiger partial charge in [0.2, 0.25) is 7.59 Å². The number of nitrogens with zero attached hydrogens (tertiary/aromatic N) is 10. The van der Waals surface area contributed by atoms with E-state index in [0.29, 0.717) is 12.3 Å². The fourth-order valence-electron chi connectivity index (χ4n) is 2.62. The molecule has 5 aromatic rings. The van der Waals surface area contributed by atoms with Crippen LogP contribution in [0.5, 0.6) is 0 Å². The molecule has 35 heteroatoms. The van der Waals surface area contributed by atoms with E-state index in [9.17, 15) is 39.5 Å². The van der Waals surface area contributed by atoms with Gasteiger partial charge in [0.15, 0.2) is 57.8 Å². The Morgan fingerprint density at radius 3 is 1.10 bits per heavy atom. The third-order valence-electron chi connectivity index (χ3n) is 4.98. The molecule has 10 nitrogen and oxygen atoms in total. The molecule has 0 saturated carbocycles. The molecule has 0 amide bonds. The lowest BCUT2D eigenvalue weighted by molar-refractivity contribution is -0.142. The molecule has 0 saturated heterocycles. The van der Waals surface area contributed by atoms with Crippen LogP contribution in [0.25, 0.3) is 0 Å². The minimum atomic E-state index is -4.59. The van der Waals surface area contributed by atoms with Crippen molar-refractivity contribution in [3.8, 4) is 0 Å². The van der Waals surface area contributed by atoms with E-state index in [1.807, 2.05) is 0 Å². The van der Waals surface area contributed by atoms with Gasteiger partial charge in [0.25, 0.3) is 0 Å². The molecule has 0 fully saturated rings. The van der Waals surface area contributed by atoms with Crippen molar-refractivity contribution in [1.29, 1.82) is 0 Å². The predicted octanol–water partition coefficient (Wildman–Crippen LogP) is 15.6. The first kappa shape index (κ1) is 57.4. The first-order valence-electron chi connectivity index (χ1n) is 13.3. The Bertz CT molecular complexity index is 2090. The third kappa shape index (κ3) is 20.5. The molecule has 60 heavy (non-hydrogen) atoms. The highest BCUT2D eigenvalue weighted by molar-refractivity contribution is 6.67. The Morgan fingerprint density at radius 2 is 0.767 bits per heavy atom. The van der Waals surface area contributed by atoms with Crippen LogP contribution in [-0.4, -0.2) is 50.3 Å². The molecule has 0 aliphatic rings. The second kappa shape index (κ2) is 24.1. The number of hydrogen-bond acceptors (Lipinski definition) is 10. The van der Waals surface area contributed by atoms with Gasteiger partial charge in [0, 0.05) is 5.56 Å². The van der Waals surface area contributed by atoms with E-state index in [2.05, 4.69) is 50.3 Å². The van der Waals surface area contributed by atoms with Crippen molar-refractivity contribution in [3.05, 3.63) is 110 Å². The Hall–Kier alpha value is -0.590. The zero-order chi connectivity index (χ0) is 46.8. The summed E-state index contributed by atoms with van der Waals surface area (Å²) in [7, 11) is 0. The van der Waals surface area contributed by atoms with Gasteiger partial charge in [-0.1, -0.05) is 186 Å². The number of aromatic nitrogens is 10. The van der Waals surface area contributed by atoms with Crippen LogP contribution in [0.2, 0.25) is 51.5 Å². The van der Waals surface area contributed by atoms with Crippen LogP contribution in [0.15, 0.2) is 30.7 Å². The topological polar surface area (TPSA) is 129 Å². The molecule has 0 atom stereocenters. The third-order valence-corrected chi connectivity index (χ3v) is 8.82. The summed E-state index contributed by atoms with van der Waals surface area (Å²) in [6.07, 6.45) is -11.1.